The third kappa shape index (κ3) is 4.59. The molecule has 122 valence electrons. The Balaban J connectivity index is 1.57. The summed E-state index contributed by atoms with van der Waals surface area (Å²) in [5.74, 6) is -0.463. The molecule has 0 aliphatic carbocycles. The minimum absolute atomic E-state index is 0.102. The number of ether oxygens (including phenoxy) is 1. The largest absolute Gasteiger partial charge is 0.456 e. The van der Waals surface area contributed by atoms with E-state index in [0.29, 0.717) is 11.3 Å². The molecule has 0 saturated carbocycles. The van der Waals surface area contributed by atoms with Crippen LogP contribution in [0.25, 0.3) is 16.8 Å². The minimum atomic E-state index is -0.463. The highest BCUT2D eigenvalue weighted by Gasteiger charge is 2.07. The molecular formula is C19H13N3O2S. The minimum Gasteiger partial charge on any atom is -0.456 e. The van der Waals surface area contributed by atoms with Gasteiger partial charge in [-0.3, -0.25) is 4.98 Å². The van der Waals surface area contributed by atoms with Crippen molar-refractivity contribution in [2.24, 2.45) is 0 Å². The van der Waals surface area contributed by atoms with E-state index < -0.39 is 5.97 Å². The topological polar surface area (TPSA) is 75.9 Å². The number of carbonyl (C=O) groups excluding carboxylic acids is 1. The standard InChI is InChI=1S/C19H13N3O2S/c20-11-15-5-3-4-14(10-15)7-8-18(23)24-12-16-13-25-19(22-16)17-6-1-2-9-21-17/h1-10,13H,12H2/b8-7-. The fourth-order valence-corrected chi connectivity index (χ4v) is 2.83. The van der Waals surface area contributed by atoms with Crippen molar-refractivity contribution in [3.8, 4) is 16.8 Å². The summed E-state index contributed by atoms with van der Waals surface area (Å²) in [4.78, 5) is 20.5. The van der Waals surface area contributed by atoms with Crippen molar-refractivity contribution < 1.29 is 9.53 Å². The van der Waals surface area contributed by atoms with Crippen LogP contribution in [-0.4, -0.2) is 15.9 Å². The number of benzene rings is 1. The molecule has 0 radical (unpaired) electrons. The van der Waals surface area contributed by atoms with E-state index in [1.807, 2.05) is 29.6 Å². The van der Waals surface area contributed by atoms with Crippen LogP contribution in [0, 0.1) is 11.3 Å². The maximum atomic E-state index is 11.8. The molecule has 2 heterocycles. The Morgan fingerprint density at radius 2 is 2.20 bits per heavy atom. The highest BCUT2D eigenvalue weighted by molar-refractivity contribution is 7.13. The number of hydrogen-bond acceptors (Lipinski definition) is 6. The van der Waals surface area contributed by atoms with Gasteiger partial charge in [0.05, 0.1) is 23.0 Å². The molecule has 3 aromatic rings. The van der Waals surface area contributed by atoms with Crippen LogP contribution in [0.2, 0.25) is 0 Å². The highest BCUT2D eigenvalue weighted by atomic mass is 32.1. The smallest absolute Gasteiger partial charge is 0.331 e. The normalized spacial score (nSPS) is 10.5. The predicted molar refractivity (Wildman–Crippen MR) is 95.3 cm³/mol. The average Bonchev–Trinajstić information content (AvgIpc) is 3.15. The van der Waals surface area contributed by atoms with Gasteiger partial charge in [-0.15, -0.1) is 11.3 Å². The first-order valence-corrected chi connectivity index (χ1v) is 8.33. The molecule has 0 saturated heterocycles. The Morgan fingerprint density at radius 1 is 1.28 bits per heavy atom. The molecule has 25 heavy (non-hydrogen) atoms. The van der Waals surface area contributed by atoms with Gasteiger partial charge >= 0.3 is 5.97 Å². The summed E-state index contributed by atoms with van der Waals surface area (Å²) >= 11 is 1.46. The van der Waals surface area contributed by atoms with Gasteiger partial charge in [-0.2, -0.15) is 5.26 Å². The van der Waals surface area contributed by atoms with E-state index >= 15 is 0 Å². The molecule has 0 bridgehead atoms. The fourth-order valence-electron chi connectivity index (χ4n) is 2.05. The van der Waals surface area contributed by atoms with Gasteiger partial charge in [-0.1, -0.05) is 18.2 Å². The number of rotatable bonds is 5. The van der Waals surface area contributed by atoms with E-state index in [1.54, 1.807) is 30.5 Å². The van der Waals surface area contributed by atoms with Crippen molar-refractivity contribution in [2.75, 3.05) is 0 Å². The van der Waals surface area contributed by atoms with Crippen LogP contribution in [0.5, 0.6) is 0 Å². The van der Waals surface area contributed by atoms with Crippen LogP contribution in [0.15, 0.2) is 60.1 Å². The van der Waals surface area contributed by atoms with Gasteiger partial charge in [-0.25, -0.2) is 9.78 Å². The van der Waals surface area contributed by atoms with E-state index in [9.17, 15) is 4.79 Å². The van der Waals surface area contributed by atoms with E-state index in [2.05, 4.69) is 16.0 Å². The monoisotopic (exact) mass is 347 g/mol. The van der Waals surface area contributed by atoms with Gasteiger partial charge in [0.2, 0.25) is 0 Å². The average molecular weight is 347 g/mol. The number of aromatic nitrogens is 2. The highest BCUT2D eigenvalue weighted by Crippen LogP contribution is 2.21. The van der Waals surface area contributed by atoms with Crippen molar-refractivity contribution in [1.29, 1.82) is 5.26 Å². The molecule has 0 fully saturated rings. The third-order valence-corrected chi connectivity index (χ3v) is 4.14. The summed E-state index contributed by atoms with van der Waals surface area (Å²) in [5.41, 5.74) is 2.78. The fraction of sp³-hybridized carbons (Fsp3) is 0.0526. The number of thiazole rings is 1. The van der Waals surface area contributed by atoms with Crippen LogP contribution in [-0.2, 0) is 16.1 Å². The van der Waals surface area contributed by atoms with Crippen molar-refractivity contribution in [3.05, 3.63) is 76.9 Å². The second kappa shape index (κ2) is 7.99. The van der Waals surface area contributed by atoms with Gasteiger partial charge in [0.1, 0.15) is 11.6 Å². The Kier molecular flexibility index (Phi) is 5.29. The summed E-state index contributed by atoms with van der Waals surface area (Å²) in [7, 11) is 0. The van der Waals surface area contributed by atoms with Crippen molar-refractivity contribution in [3.63, 3.8) is 0 Å². The molecule has 1 aromatic carbocycles. The number of nitriles is 1. The summed E-state index contributed by atoms with van der Waals surface area (Å²) in [5, 5.41) is 11.5. The molecule has 3 rings (SSSR count). The van der Waals surface area contributed by atoms with Crippen molar-refractivity contribution >= 4 is 23.4 Å². The van der Waals surface area contributed by atoms with Gasteiger partial charge in [0.25, 0.3) is 0 Å². The van der Waals surface area contributed by atoms with Crippen LogP contribution in [0.3, 0.4) is 0 Å². The Bertz CT molecular complexity index is 943. The summed E-state index contributed by atoms with van der Waals surface area (Å²) in [6, 6.07) is 14.7. The Labute approximate surface area is 148 Å². The Morgan fingerprint density at radius 3 is 3.00 bits per heavy atom. The maximum Gasteiger partial charge on any atom is 0.331 e. The number of carbonyl (C=O) groups is 1. The Hall–Kier alpha value is -3.30. The molecule has 6 heteroatoms. The molecule has 0 atom stereocenters. The molecule has 0 aliphatic rings. The lowest BCUT2D eigenvalue weighted by atomic mass is 10.1. The maximum absolute atomic E-state index is 11.8. The van der Waals surface area contributed by atoms with Crippen LogP contribution >= 0.6 is 11.3 Å². The van der Waals surface area contributed by atoms with Crippen molar-refractivity contribution in [1.82, 2.24) is 9.97 Å². The van der Waals surface area contributed by atoms with Gasteiger partial charge in [-0.05, 0) is 35.9 Å². The number of nitrogens with zero attached hydrogens (tertiary/aromatic N) is 3. The van der Waals surface area contributed by atoms with Gasteiger partial charge < -0.3 is 4.74 Å². The zero-order chi connectivity index (χ0) is 17.5. The summed E-state index contributed by atoms with van der Waals surface area (Å²) in [6.07, 6.45) is 4.66. The van der Waals surface area contributed by atoms with Crippen molar-refractivity contribution in [2.45, 2.75) is 6.61 Å². The SMILES string of the molecule is N#Cc1cccc(/C=C\C(=O)OCc2csc(-c3ccccn3)n2)c1. The van der Waals surface area contributed by atoms with E-state index in [4.69, 9.17) is 10.00 Å². The predicted octanol–water partition coefficient (Wildman–Crippen LogP) is 3.83. The van der Waals surface area contributed by atoms with Gasteiger partial charge in [0, 0.05) is 17.7 Å². The van der Waals surface area contributed by atoms with Crippen LogP contribution in [0.1, 0.15) is 16.8 Å². The molecular weight excluding hydrogens is 334 g/mol. The molecule has 0 unspecified atom stereocenters. The lowest BCUT2D eigenvalue weighted by Gasteiger charge is -1.99. The first-order valence-electron chi connectivity index (χ1n) is 7.45. The number of hydrogen-bond donors (Lipinski definition) is 0. The molecule has 0 aliphatic heterocycles. The second-order valence-corrected chi connectivity index (χ2v) is 5.90. The quantitative estimate of drug-likeness (QED) is 0.518. The summed E-state index contributed by atoms with van der Waals surface area (Å²) in [6.45, 7) is 0.102. The number of pyridine rings is 1. The molecule has 5 nitrogen and oxygen atoms in total. The molecule has 2 aromatic heterocycles. The van der Waals surface area contributed by atoms with E-state index in [-0.39, 0.29) is 6.61 Å². The van der Waals surface area contributed by atoms with E-state index in [1.165, 1.54) is 17.4 Å². The zero-order valence-electron chi connectivity index (χ0n) is 13.1. The first kappa shape index (κ1) is 16.6. The summed E-state index contributed by atoms with van der Waals surface area (Å²) < 4.78 is 5.19. The third-order valence-electron chi connectivity index (χ3n) is 3.23. The van der Waals surface area contributed by atoms with Crippen LogP contribution in [0.4, 0.5) is 0 Å². The molecule has 0 spiro atoms. The van der Waals surface area contributed by atoms with Gasteiger partial charge in [0.15, 0.2) is 0 Å². The lowest BCUT2D eigenvalue weighted by molar-refractivity contribution is -0.139. The lowest BCUT2D eigenvalue weighted by Crippen LogP contribution is -2.01. The first-order chi connectivity index (χ1) is 12.2. The van der Waals surface area contributed by atoms with Crippen LogP contribution < -0.4 is 0 Å². The molecule has 0 amide bonds. The molecule has 0 N–H and O–H groups in total. The zero-order valence-corrected chi connectivity index (χ0v) is 13.9. The van der Waals surface area contributed by atoms with E-state index in [0.717, 1.165) is 16.3 Å². The second-order valence-electron chi connectivity index (χ2n) is 5.04. The number of esters is 1.